The van der Waals surface area contributed by atoms with Crippen molar-refractivity contribution in [2.45, 2.75) is 25.6 Å². The van der Waals surface area contributed by atoms with E-state index in [1.165, 1.54) is 12.1 Å². The Bertz CT molecular complexity index is 1470. The number of rotatable bonds is 10. The maximum absolute atomic E-state index is 12.8. The van der Waals surface area contributed by atoms with Crippen LogP contribution in [0.3, 0.4) is 0 Å². The van der Waals surface area contributed by atoms with Crippen molar-refractivity contribution in [3.63, 3.8) is 0 Å². The van der Waals surface area contributed by atoms with Gasteiger partial charge in [-0.3, -0.25) is 4.79 Å². The molecule has 0 N–H and O–H groups in total. The van der Waals surface area contributed by atoms with E-state index in [0.29, 0.717) is 29.0 Å². The molecule has 0 spiro atoms. The minimum Gasteiger partial charge on any atom is -0.748 e. The summed E-state index contributed by atoms with van der Waals surface area (Å²) in [5.74, 6) is -1.04. The summed E-state index contributed by atoms with van der Waals surface area (Å²) in [6, 6.07) is 8.77. The Morgan fingerprint density at radius 2 is 1.76 bits per heavy atom. The van der Waals surface area contributed by atoms with Crippen LogP contribution in [0, 0.1) is 0 Å². The van der Waals surface area contributed by atoms with Crippen LogP contribution < -0.4 is 10.5 Å². The van der Waals surface area contributed by atoms with Crippen molar-refractivity contribution < 1.29 is 49.3 Å². The lowest BCUT2D eigenvalue weighted by Gasteiger charge is -2.23. The van der Waals surface area contributed by atoms with E-state index in [4.69, 9.17) is 38.5 Å². The van der Waals surface area contributed by atoms with E-state index in [0.717, 1.165) is 27.8 Å². The average Bonchev–Trinajstić information content (AvgIpc) is 3.18. The van der Waals surface area contributed by atoms with Crippen molar-refractivity contribution in [1.29, 1.82) is 0 Å². The van der Waals surface area contributed by atoms with Crippen LogP contribution in [-0.4, -0.2) is 73.9 Å². The molecule has 16 heteroatoms. The lowest BCUT2D eigenvalue weighted by molar-refractivity contribution is -0.870. The third-order valence-electron chi connectivity index (χ3n) is 5.05. The van der Waals surface area contributed by atoms with Gasteiger partial charge in [0.2, 0.25) is 12.7 Å². The molecule has 226 valence electrons. The first-order valence-corrected chi connectivity index (χ1v) is 14.0. The Hall–Kier alpha value is -3.40. The standard InChI is InChI=1S/C24H26ClF3N3O5.CH4O3S/c1-31(2,3)12-4-5-21(32)35-15-34-20-11-10-19(25)13-17(20)14-30-23(33)36-22(29-30)16-6-8-18(9-7-16)24(26,27)28;1-5(2,3)4/h6-11,13H,4-5,12,14-15H2,1-3H3;1H3,(H,2,3,4)/q+1;/p-1. The number of carbonyl (C=O) groups excluding carboxylic acids is 1. The average molecular weight is 624 g/mol. The number of ether oxygens (including phenoxy) is 2. The predicted molar refractivity (Wildman–Crippen MR) is 141 cm³/mol. The third kappa shape index (κ3) is 12.8. The van der Waals surface area contributed by atoms with Crippen LogP contribution in [0.5, 0.6) is 5.75 Å². The summed E-state index contributed by atoms with van der Waals surface area (Å²) >= 11 is 6.09. The minimum absolute atomic E-state index is 0.101. The molecule has 0 fully saturated rings. The Morgan fingerprint density at radius 1 is 1.15 bits per heavy atom. The maximum Gasteiger partial charge on any atom is 0.437 e. The lowest BCUT2D eigenvalue weighted by atomic mass is 10.1. The van der Waals surface area contributed by atoms with Crippen molar-refractivity contribution in [3.8, 4) is 17.2 Å². The van der Waals surface area contributed by atoms with E-state index in [1.54, 1.807) is 18.2 Å². The van der Waals surface area contributed by atoms with Gasteiger partial charge in [0, 0.05) is 28.8 Å². The van der Waals surface area contributed by atoms with E-state index in [9.17, 15) is 22.8 Å². The van der Waals surface area contributed by atoms with Gasteiger partial charge in [-0.05, 0) is 42.5 Å². The fraction of sp³-hybridized carbons (Fsp3) is 0.400. The van der Waals surface area contributed by atoms with Crippen LogP contribution in [0.25, 0.3) is 11.5 Å². The smallest absolute Gasteiger partial charge is 0.437 e. The first kappa shape index (κ1) is 33.8. The SMILES string of the molecule is CS(=O)(=O)[O-].C[N+](C)(C)CCCC(=O)OCOc1ccc(Cl)cc1Cn1nc(-c2ccc(C(F)(F)F)cc2)oc1=O. The van der Waals surface area contributed by atoms with E-state index >= 15 is 0 Å². The molecule has 0 unspecified atom stereocenters. The van der Waals surface area contributed by atoms with E-state index < -0.39 is 33.6 Å². The molecule has 3 aromatic rings. The van der Waals surface area contributed by atoms with E-state index in [-0.39, 0.29) is 31.2 Å². The van der Waals surface area contributed by atoms with Crippen LogP contribution in [0.1, 0.15) is 24.0 Å². The zero-order valence-electron chi connectivity index (χ0n) is 22.6. The first-order valence-electron chi connectivity index (χ1n) is 11.9. The molecule has 0 amide bonds. The van der Waals surface area contributed by atoms with Crippen molar-refractivity contribution in [3.05, 3.63) is 69.2 Å². The Kier molecular flexibility index (Phi) is 11.5. The Labute approximate surface area is 239 Å². The number of hydrogen-bond acceptors (Lipinski definition) is 9. The fourth-order valence-corrected chi connectivity index (χ4v) is 3.42. The second-order valence-electron chi connectivity index (χ2n) is 9.76. The summed E-state index contributed by atoms with van der Waals surface area (Å²) in [7, 11) is 2.18. The highest BCUT2D eigenvalue weighted by Gasteiger charge is 2.30. The van der Waals surface area contributed by atoms with Gasteiger partial charge in [-0.25, -0.2) is 13.2 Å². The number of aromatic nitrogens is 2. The van der Waals surface area contributed by atoms with Crippen LogP contribution >= 0.6 is 11.6 Å². The summed E-state index contributed by atoms with van der Waals surface area (Å²) in [5.41, 5.74) is -0.167. The largest absolute Gasteiger partial charge is 0.748 e. The summed E-state index contributed by atoms with van der Waals surface area (Å²) < 4.78 is 83.1. The molecule has 0 aliphatic rings. The summed E-state index contributed by atoms with van der Waals surface area (Å²) in [5, 5.41) is 4.44. The topological polar surface area (TPSA) is 141 Å². The Morgan fingerprint density at radius 3 is 2.32 bits per heavy atom. The van der Waals surface area contributed by atoms with Gasteiger partial charge >= 0.3 is 17.9 Å². The normalized spacial score (nSPS) is 11.9. The van der Waals surface area contributed by atoms with Gasteiger partial charge in [0.1, 0.15) is 5.75 Å². The van der Waals surface area contributed by atoms with Crippen molar-refractivity contribution >= 4 is 27.7 Å². The molecule has 41 heavy (non-hydrogen) atoms. The number of alkyl halides is 3. The van der Waals surface area contributed by atoms with E-state index in [2.05, 4.69) is 5.10 Å². The summed E-state index contributed by atoms with van der Waals surface area (Å²) in [6.07, 6.45) is -2.95. The highest BCUT2D eigenvalue weighted by molar-refractivity contribution is 7.84. The number of nitrogens with zero attached hydrogens (tertiary/aromatic N) is 3. The van der Waals surface area contributed by atoms with Gasteiger partial charge in [0.15, 0.2) is 0 Å². The van der Waals surface area contributed by atoms with Gasteiger partial charge in [-0.1, -0.05) is 11.6 Å². The quantitative estimate of drug-likeness (QED) is 0.143. The van der Waals surface area contributed by atoms with E-state index in [1.807, 2.05) is 21.1 Å². The lowest BCUT2D eigenvalue weighted by Crippen LogP contribution is -2.35. The molecule has 11 nitrogen and oxygen atoms in total. The van der Waals surface area contributed by atoms with Crippen molar-refractivity contribution in [2.75, 3.05) is 40.7 Å². The molecular formula is C25H29ClF3N3O8S. The van der Waals surface area contributed by atoms with Crippen LogP contribution in [0.2, 0.25) is 5.02 Å². The molecule has 0 aliphatic heterocycles. The second kappa shape index (κ2) is 14.0. The molecule has 0 bridgehead atoms. The number of carbonyl (C=O) groups is 1. The molecule has 0 atom stereocenters. The van der Waals surface area contributed by atoms with Gasteiger partial charge in [0.25, 0.3) is 0 Å². The van der Waals surface area contributed by atoms with Crippen molar-refractivity contribution in [1.82, 2.24) is 9.78 Å². The third-order valence-corrected chi connectivity index (χ3v) is 5.29. The zero-order chi connectivity index (χ0) is 31.0. The molecule has 1 aromatic heterocycles. The summed E-state index contributed by atoms with van der Waals surface area (Å²) in [6.45, 7) is 0.386. The van der Waals surface area contributed by atoms with Gasteiger partial charge in [0.05, 0.1) is 56.3 Å². The van der Waals surface area contributed by atoms with Crippen LogP contribution in [0.4, 0.5) is 13.2 Å². The molecular weight excluding hydrogens is 595 g/mol. The molecule has 3 rings (SSSR count). The van der Waals surface area contributed by atoms with Crippen LogP contribution in [-0.2, 0) is 32.4 Å². The molecule has 0 radical (unpaired) electrons. The van der Waals surface area contributed by atoms with Crippen LogP contribution in [0.15, 0.2) is 51.7 Å². The first-order chi connectivity index (χ1) is 18.8. The molecule has 1 heterocycles. The number of halogens is 4. The fourth-order valence-electron chi connectivity index (χ4n) is 3.23. The number of quaternary nitrogens is 1. The monoisotopic (exact) mass is 623 g/mol. The van der Waals surface area contributed by atoms with Gasteiger partial charge in [-0.15, -0.1) is 5.10 Å². The highest BCUT2D eigenvalue weighted by atomic mass is 35.5. The molecule has 2 aromatic carbocycles. The number of benzene rings is 2. The number of esters is 1. The minimum atomic E-state index is -4.48. The number of hydrogen-bond donors (Lipinski definition) is 0. The molecule has 0 aliphatic carbocycles. The van der Waals surface area contributed by atoms with Crippen molar-refractivity contribution in [2.24, 2.45) is 0 Å². The molecule has 0 saturated heterocycles. The zero-order valence-corrected chi connectivity index (χ0v) is 24.2. The second-order valence-corrected chi connectivity index (χ2v) is 11.6. The highest BCUT2D eigenvalue weighted by Crippen LogP contribution is 2.30. The maximum atomic E-state index is 12.8. The van der Waals surface area contributed by atoms with Gasteiger partial charge < -0.3 is 22.9 Å². The Balaban J connectivity index is 0.00000108. The summed E-state index contributed by atoms with van der Waals surface area (Å²) in [4.78, 5) is 24.3. The molecule has 0 saturated carbocycles. The van der Waals surface area contributed by atoms with Gasteiger partial charge in [-0.2, -0.15) is 17.9 Å². The predicted octanol–water partition coefficient (Wildman–Crippen LogP) is 3.75.